The summed E-state index contributed by atoms with van der Waals surface area (Å²) in [7, 11) is 0. The Labute approximate surface area is 186 Å². The third-order valence-corrected chi connectivity index (χ3v) is 7.67. The molecule has 0 spiro atoms. The first-order valence-corrected chi connectivity index (χ1v) is 11.2. The summed E-state index contributed by atoms with van der Waals surface area (Å²) in [5.74, 6) is 0. The van der Waals surface area contributed by atoms with Gasteiger partial charge in [0.15, 0.2) is 0 Å². The number of aryl methyl sites for hydroxylation is 4. The normalized spacial score (nSPS) is 13.7. The Balaban J connectivity index is 2.00. The summed E-state index contributed by atoms with van der Waals surface area (Å²) in [6.07, 6.45) is 0. The maximum atomic E-state index is 2.42. The van der Waals surface area contributed by atoms with Gasteiger partial charge in [-0.05, 0) is 108 Å². The van der Waals surface area contributed by atoms with Crippen LogP contribution in [0.2, 0.25) is 0 Å². The number of rotatable bonds is 2. The molecule has 1 aliphatic rings. The maximum absolute atomic E-state index is 2.42. The van der Waals surface area contributed by atoms with Gasteiger partial charge >= 0.3 is 0 Å². The summed E-state index contributed by atoms with van der Waals surface area (Å²) in [5, 5.41) is 0. The molecule has 0 bridgehead atoms. The van der Waals surface area contributed by atoms with Crippen LogP contribution in [0.5, 0.6) is 0 Å². The van der Waals surface area contributed by atoms with Crippen molar-refractivity contribution in [3.8, 4) is 11.1 Å². The van der Waals surface area contributed by atoms with Crippen LogP contribution in [0.15, 0.2) is 72.8 Å². The van der Waals surface area contributed by atoms with Crippen molar-refractivity contribution < 1.29 is 0 Å². The predicted octanol–water partition coefficient (Wildman–Crippen LogP) is 7.90. The van der Waals surface area contributed by atoms with Gasteiger partial charge in [0.25, 0.3) is 0 Å². The first-order chi connectivity index (χ1) is 14.9. The third kappa shape index (κ3) is 2.67. The monoisotopic (exact) mass is 402 g/mol. The van der Waals surface area contributed by atoms with Crippen molar-refractivity contribution in [2.75, 3.05) is 0 Å². The van der Waals surface area contributed by atoms with E-state index in [1.54, 1.807) is 0 Å². The van der Waals surface area contributed by atoms with Crippen LogP contribution in [0.1, 0.15) is 55.6 Å². The minimum absolute atomic E-state index is 0.306. The van der Waals surface area contributed by atoms with Gasteiger partial charge in [0.2, 0.25) is 0 Å². The second-order valence-electron chi connectivity index (χ2n) is 9.31. The van der Waals surface area contributed by atoms with Crippen LogP contribution in [0.4, 0.5) is 0 Å². The topological polar surface area (TPSA) is 0 Å². The van der Waals surface area contributed by atoms with Crippen LogP contribution in [0.25, 0.3) is 11.1 Å². The lowest BCUT2D eigenvalue weighted by molar-refractivity contribution is 0.762. The summed E-state index contributed by atoms with van der Waals surface area (Å²) >= 11 is 0. The molecular weight excluding hydrogens is 372 g/mol. The SMILES string of the molecule is Cc1cc(C2(c3cc(C)c(C)c(C)c3)c3ccccc3-c3ccccc32)cc(C)c1C. The number of hydrogen-bond donors (Lipinski definition) is 0. The van der Waals surface area contributed by atoms with Crippen LogP contribution >= 0.6 is 0 Å². The molecule has 0 nitrogen and oxygen atoms in total. The highest BCUT2D eigenvalue weighted by atomic mass is 14.5. The largest absolute Gasteiger partial charge is 0.0713 e. The standard InChI is InChI=1S/C31H30/c1-19-15-25(16-20(2)23(19)5)31(26-17-21(3)24(6)22(4)18-26)29-13-9-7-11-27(29)28-12-8-10-14-30(28)31/h7-18H,1-6H3. The Bertz CT molecular complexity index is 1180. The molecule has 4 aromatic rings. The minimum Gasteiger partial charge on any atom is -0.0619 e. The molecule has 0 atom stereocenters. The van der Waals surface area contributed by atoms with Gasteiger partial charge in [0.05, 0.1) is 5.41 Å². The van der Waals surface area contributed by atoms with Crippen LogP contribution in [-0.4, -0.2) is 0 Å². The summed E-state index contributed by atoms with van der Waals surface area (Å²) in [4.78, 5) is 0. The average Bonchev–Trinajstić information content (AvgIpc) is 3.06. The number of hydrogen-bond acceptors (Lipinski definition) is 0. The van der Waals surface area contributed by atoms with Gasteiger partial charge in [0.1, 0.15) is 0 Å². The summed E-state index contributed by atoms with van der Waals surface area (Å²) in [6.45, 7) is 13.5. The van der Waals surface area contributed by atoms with E-state index in [1.807, 2.05) is 0 Å². The molecule has 0 amide bonds. The number of fused-ring (bicyclic) bond motifs is 3. The summed E-state index contributed by atoms with van der Waals surface area (Å²) < 4.78 is 0. The molecule has 0 unspecified atom stereocenters. The zero-order chi connectivity index (χ0) is 21.9. The highest BCUT2D eigenvalue weighted by Crippen LogP contribution is 2.56. The lowest BCUT2D eigenvalue weighted by Crippen LogP contribution is -2.29. The predicted molar refractivity (Wildman–Crippen MR) is 132 cm³/mol. The first kappa shape index (κ1) is 19.8. The Hall–Kier alpha value is -3.12. The van der Waals surface area contributed by atoms with E-state index in [-0.39, 0.29) is 5.41 Å². The van der Waals surface area contributed by atoms with Crippen LogP contribution < -0.4 is 0 Å². The number of benzene rings is 4. The molecule has 0 heteroatoms. The minimum atomic E-state index is -0.306. The van der Waals surface area contributed by atoms with Crippen molar-refractivity contribution in [2.45, 2.75) is 47.0 Å². The maximum Gasteiger partial charge on any atom is 0.0713 e. The molecule has 0 aliphatic heterocycles. The Morgan fingerprint density at radius 1 is 0.452 bits per heavy atom. The van der Waals surface area contributed by atoms with Crippen molar-refractivity contribution in [3.05, 3.63) is 128 Å². The van der Waals surface area contributed by atoms with E-state index in [1.165, 1.54) is 66.8 Å². The van der Waals surface area contributed by atoms with E-state index in [0.717, 1.165) is 0 Å². The van der Waals surface area contributed by atoms with Crippen LogP contribution in [-0.2, 0) is 5.41 Å². The molecule has 0 fully saturated rings. The van der Waals surface area contributed by atoms with Gasteiger partial charge < -0.3 is 0 Å². The quantitative estimate of drug-likeness (QED) is 0.281. The molecule has 0 radical (unpaired) electrons. The van der Waals surface area contributed by atoms with Crippen LogP contribution in [0.3, 0.4) is 0 Å². The molecule has 0 aromatic heterocycles. The second-order valence-corrected chi connectivity index (χ2v) is 9.31. The van der Waals surface area contributed by atoms with Gasteiger partial charge in [0, 0.05) is 0 Å². The first-order valence-electron chi connectivity index (χ1n) is 11.2. The third-order valence-electron chi connectivity index (χ3n) is 7.67. The van der Waals surface area contributed by atoms with E-state index in [0.29, 0.717) is 0 Å². The van der Waals surface area contributed by atoms with Crippen molar-refractivity contribution in [2.24, 2.45) is 0 Å². The molecule has 5 rings (SSSR count). The molecule has 0 N–H and O–H groups in total. The van der Waals surface area contributed by atoms with E-state index in [4.69, 9.17) is 0 Å². The fraction of sp³-hybridized carbons (Fsp3) is 0.226. The van der Waals surface area contributed by atoms with Gasteiger partial charge in [-0.1, -0.05) is 72.8 Å². The molecule has 154 valence electrons. The zero-order valence-electron chi connectivity index (χ0n) is 19.4. The van der Waals surface area contributed by atoms with Crippen molar-refractivity contribution in [3.63, 3.8) is 0 Å². The van der Waals surface area contributed by atoms with Gasteiger partial charge in [-0.2, -0.15) is 0 Å². The van der Waals surface area contributed by atoms with Crippen molar-refractivity contribution >= 4 is 0 Å². The molecule has 1 aliphatic carbocycles. The van der Waals surface area contributed by atoms with E-state index in [2.05, 4.69) is 114 Å². The smallest absolute Gasteiger partial charge is 0.0619 e. The zero-order valence-corrected chi connectivity index (χ0v) is 19.4. The highest BCUT2D eigenvalue weighted by Gasteiger charge is 2.46. The fourth-order valence-electron chi connectivity index (χ4n) is 5.53. The Morgan fingerprint density at radius 2 is 0.774 bits per heavy atom. The van der Waals surface area contributed by atoms with E-state index < -0.39 is 0 Å². The Kier molecular flexibility index (Phi) is 4.45. The van der Waals surface area contributed by atoms with Gasteiger partial charge in [-0.25, -0.2) is 0 Å². The lowest BCUT2D eigenvalue weighted by Gasteiger charge is -2.35. The summed E-state index contributed by atoms with van der Waals surface area (Å²) in [5.41, 5.74) is 16.1. The Morgan fingerprint density at radius 3 is 1.13 bits per heavy atom. The van der Waals surface area contributed by atoms with Crippen LogP contribution in [0, 0.1) is 41.5 Å². The molecule has 0 saturated carbocycles. The average molecular weight is 403 g/mol. The summed E-state index contributed by atoms with van der Waals surface area (Å²) in [6, 6.07) is 27.7. The highest BCUT2D eigenvalue weighted by molar-refractivity contribution is 5.86. The van der Waals surface area contributed by atoms with E-state index in [9.17, 15) is 0 Å². The molecule has 0 saturated heterocycles. The molecule has 31 heavy (non-hydrogen) atoms. The lowest BCUT2D eigenvalue weighted by atomic mass is 9.66. The van der Waals surface area contributed by atoms with Crippen molar-refractivity contribution in [1.29, 1.82) is 0 Å². The van der Waals surface area contributed by atoms with Gasteiger partial charge in [-0.15, -0.1) is 0 Å². The second kappa shape index (κ2) is 6.95. The fourth-order valence-corrected chi connectivity index (χ4v) is 5.53. The molecule has 0 heterocycles. The van der Waals surface area contributed by atoms with Crippen molar-refractivity contribution in [1.82, 2.24) is 0 Å². The molecule has 4 aromatic carbocycles. The van der Waals surface area contributed by atoms with E-state index >= 15 is 0 Å². The molecular formula is C31H30. The van der Waals surface area contributed by atoms with Gasteiger partial charge in [-0.3, -0.25) is 0 Å².